The highest BCUT2D eigenvalue weighted by Gasteiger charge is 2.17. The summed E-state index contributed by atoms with van der Waals surface area (Å²) < 4.78 is 10.7. The Labute approximate surface area is 89.8 Å². The fourth-order valence-corrected chi connectivity index (χ4v) is 1.36. The minimum absolute atomic E-state index is 0.161. The number of rotatable bonds is 2. The molecule has 1 aliphatic rings. The van der Waals surface area contributed by atoms with E-state index in [0.717, 1.165) is 18.4 Å². The quantitative estimate of drug-likeness (QED) is 0.776. The SMILES string of the molecule is CNc1ccc(C2OCCO2)cc1.CO. The van der Waals surface area contributed by atoms with E-state index in [9.17, 15) is 0 Å². The van der Waals surface area contributed by atoms with Gasteiger partial charge in [-0.15, -0.1) is 0 Å². The van der Waals surface area contributed by atoms with E-state index in [1.165, 1.54) is 0 Å². The third-order valence-corrected chi connectivity index (χ3v) is 2.09. The van der Waals surface area contributed by atoms with Crippen molar-refractivity contribution in [3.05, 3.63) is 29.8 Å². The van der Waals surface area contributed by atoms with Gasteiger partial charge in [0.25, 0.3) is 0 Å². The molecule has 84 valence electrons. The van der Waals surface area contributed by atoms with Crippen molar-refractivity contribution in [3.63, 3.8) is 0 Å². The molecule has 1 aromatic rings. The molecule has 0 bridgehead atoms. The van der Waals surface area contributed by atoms with Gasteiger partial charge in [-0.05, 0) is 12.1 Å². The zero-order valence-corrected chi connectivity index (χ0v) is 9.06. The third kappa shape index (κ3) is 3.20. The van der Waals surface area contributed by atoms with Crippen LogP contribution in [0.5, 0.6) is 0 Å². The van der Waals surface area contributed by atoms with Crippen LogP contribution in [-0.4, -0.2) is 32.5 Å². The van der Waals surface area contributed by atoms with Gasteiger partial charge in [0, 0.05) is 25.4 Å². The standard InChI is InChI=1S/C10H13NO2.CH4O/c1-11-9-4-2-8(3-5-9)10-12-6-7-13-10;1-2/h2-5,10-11H,6-7H2,1H3;2H,1H3. The summed E-state index contributed by atoms with van der Waals surface area (Å²) in [4.78, 5) is 0. The number of aliphatic hydroxyl groups excluding tert-OH is 1. The molecule has 1 aromatic carbocycles. The van der Waals surface area contributed by atoms with Gasteiger partial charge < -0.3 is 19.9 Å². The average molecular weight is 211 g/mol. The zero-order valence-electron chi connectivity index (χ0n) is 9.06. The van der Waals surface area contributed by atoms with E-state index in [0.29, 0.717) is 13.2 Å². The van der Waals surface area contributed by atoms with E-state index in [2.05, 4.69) is 5.32 Å². The lowest BCUT2D eigenvalue weighted by molar-refractivity contribution is -0.0441. The summed E-state index contributed by atoms with van der Waals surface area (Å²) in [6.07, 6.45) is -0.161. The van der Waals surface area contributed by atoms with Crippen LogP contribution in [0, 0.1) is 0 Å². The van der Waals surface area contributed by atoms with Crippen LogP contribution in [0.1, 0.15) is 11.9 Å². The number of ether oxygens (including phenoxy) is 2. The minimum atomic E-state index is -0.161. The van der Waals surface area contributed by atoms with Crippen molar-refractivity contribution in [3.8, 4) is 0 Å². The molecule has 1 aliphatic heterocycles. The van der Waals surface area contributed by atoms with Crippen LogP contribution < -0.4 is 5.32 Å². The van der Waals surface area contributed by atoms with Crippen LogP contribution in [0.4, 0.5) is 5.69 Å². The molecule has 1 heterocycles. The molecule has 2 rings (SSSR count). The maximum absolute atomic E-state index is 7.00. The monoisotopic (exact) mass is 211 g/mol. The molecule has 2 N–H and O–H groups in total. The Bertz CT molecular complexity index is 268. The molecule has 0 amide bonds. The first-order valence-electron chi connectivity index (χ1n) is 4.86. The number of hydrogen-bond acceptors (Lipinski definition) is 4. The normalized spacial score (nSPS) is 15.7. The van der Waals surface area contributed by atoms with Gasteiger partial charge in [-0.2, -0.15) is 0 Å². The lowest BCUT2D eigenvalue weighted by Gasteiger charge is -2.09. The van der Waals surface area contributed by atoms with E-state index >= 15 is 0 Å². The molecule has 4 nitrogen and oxygen atoms in total. The van der Waals surface area contributed by atoms with E-state index in [-0.39, 0.29) is 6.29 Å². The van der Waals surface area contributed by atoms with Gasteiger partial charge in [-0.25, -0.2) is 0 Å². The molecule has 1 saturated heterocycles. The van der Waals surface area contributed by atoms with Crippen LogP contribution >= 0.6 is 0 Å². The maximum atomic E-state index is 7.00. The first-order valence-corrected chi connectivity index (χ1v) is 4.86. The van der Waals surface area contributed by atoms with Crippen molar-refractivity contribution < 1.29 is 14.6 Å². The zero-order chi connectivity index (χ0) is 11.1. The van der Waals surface area contributed by atoms with Crippen molar-refractivity contribution in [2.45, 2.75) is 6.29 Å². The second kappa shape index (κ2) is 6.40. The van der Waals surface area contributed by atoms with Gasteiger partial charge >= 0.3 is 0 Å². The first kappa shape index (κ1) is 12.0. The third-order valence-electron chi connectivity index (χ3n) is 2.09. The number of aliphatic hydroxyl groups is 1. The molecular formula is C11H17NO3. The van der Waals surface area contributed by atoms with Crippen molar-refractivity contribution in [1.82, 2.24) is 0 Å². The predicted molar refractivity (Wildman–Crippen MR) is 58.8 cm³/mol. The molecule has 0 atom stereocenters. The van der Waals surface area contributed by atoms with Gasteiger partial charge in [0.05, 0.1) is 13.2 Å². The van der Waals surface area contributed by atoms with Gasteiger partial charge in [0.15, 0.2) is 6.29 Å². The maximum Gasteiger partial charge on any atom is 0.184 e. The van der Waals surface area contributed by atoms with Gasteiger partial charge in [-0.1, -0.05) is 12.1 Å². The minimum Gasteiger partial charge on any atom is -0.400 e. The Morgan fingerprint density at radius 3 is 2.13 bits per heavy atom. The Morgan fingerprint density at radius 1 is 1.13 bits per heavy atom. The summed E-state index contributed by atoms with van der Waals surface area (Å²) >= 11 is 0. The second-order valence-corrected chi connectivity index (χ2v) is 2.95. The molecule has 0 saturated carbocycles. The van der Waals surface area contributed by atoms with Crippen molar-refractivity contribution in [1.29, 1.82) is 0 Å². The van der Waals surface area contributed by atoms with Gasteiger partial charge in [0.1, 0.15) is 0 Å². The molecule has 0 spiro atoms. The molecule has 0 unspecified atom stereocenters. The summed E-state index contributed by atoms with van der Waals surface area (Å²) in [6, 6.07) is 8.06. The van der Waals surface area contributed by atoms with Crippen molar-refractivity contribution in [2.24, 2.45) is 0 Å². The highest BCUT2D eigenvalue weighted by atomic mass is 16.7. The predicted octanol–water partition coefficient (Wildman–Crippen LogP) is 1.38. The van der Waals surface area contributed by atoms with Crippen molar-refractivity contribution in [2.75, 3.05) is 32.7 Å². The Balaban J connectivity index is 0.000000531. The van der Waals surface area contributed by atoms with Crippen LogP contribution in [0.25, 0.3) is 0 Å². The smallest absolute Gasteiger partial charge is 0.184 e. The summed E-state index contributed by atoms with van der Waals surface area (Å²) in [5.74, 6) is 0. The van der Waals surface area contributed by atoms with Crippen LogP contribution in [0.3, 0.4) is 0 Å². The summed E-state index contributed by atoms with van der Waals surface area (Å²) in [6.45, 7) is 1.39. The van der Waals surface area contributed by atoms with Gasteiger partial charge in [0.2, 0.25) is 0 Å². The molecule has 0 aliphatic carbocycles. The molecule has 1 fully saturated rings. The first-order chi connectivity index (χ1) is 7.40. The molecule has 15 heavy (non-hydrogen) atoms. The summed E-state index contributed by atoms with van der Waals surface area (Å²) in [5.41, 5.74) is 2.18. The van der Waals surface area contributed by atoms with Crippen LogP contribution in [0.15, 0.2) is 24.3 Å². The lowest BCUT2D eigenvalue weighted by atomic mass is 10.2. The molecule has 0 aromatic heterocycles. The molecule has 4 heteroatoms. The Hall–Kier alpha value is -1.10. The number of hydrogen-bond donors (Lipinski definition) is 2. The highest BCUT2D eigenvalue weighted by Crippen LogP contribution is 2.23. The second-order valence-electron chi connectivity index (χ2n) is 2.95. The fourth-order valence-electron chi connectivity index (χ4n) is 1.36. The number of nitrogens with one attached hydrogen (secondary N) is 1. The van der Waals surface area contributed by atoms with E-state index < -0.39 is 0 Å². The highest BCUT2D eigenvalue weighted by molar-refractivity contribution is 5.44. The lowest BCUT2D eigenvalue weighted by Crippen LogP contribution is -1.97. The Kier molecular flexibility index (Phi) is 5.10. The average Bonchev–Trinajstić information content (AvgIpc) is 2.85. The Morgan fingerprint density at radius 2 is 1.67 bits per heavy atom. The number of anilines is 1. The van der Waals surface area contributed by atoms with E-state index in [1.54, 1.807) is 0 Å². The molecule has 0 radical (unpaired) electrons. The van der Waals surface area contributed by atoms with Crippen LogP contribution in [0.2, 0.25) is 0 Å². The van der Waals surface area contributed by atoms with E-state index in [1.807, 2.05) is 31.3 Å². The van der Waals surface area contributed by atoms with Crippen LogP contribution in [-0.2, 0) is 9.47 Å². The number of benzene rings is 1. The van der Waals surface area contributed by atoms with Gasteiger partial charge in [-0.3, -0.25) is 0 Å². The topological polar surface area (TPSA) is 50.7 Å². The van der Waals surface area contributed by atoms with Crippen molar-refractivity contribution >= 4 is 5.69 Å². The van der Waals surface area contributed by atoms with E-state index in [4.69, 9.17) is 14.6 Å². The largest absolute Gasteiger partial charge is 0.400 e. The summed E-state index contributed by atoms with van der Waals surface area (Å²) in [7, 11) is 2.90. The molecular weight excluding hydrogens is 194 g/mol. The fraction of sp³-hybridized carbons (Fsp3) is 0.455. The summed E-state index contributed by atoms with van der Waals surface area (Å²) in [5, 5.41) is 10.1.